The van der Waals surface area contributed by atoms with Gasteiger partial charge >= 0.3 is 0 Å². The van der Waals surface area contributed by atoms with Crippen LogP contribution in [0.3, 0.4) is 0 Å². The van der Waals surface area contributed by atoms with Gasteiger partial charge in [0.25, 0.3) is 11.5 Å². The number of nitrogens with one attached hydrogen (secondary N) is 2. The van der Waals surface area contributed by atoms with Crippen LogP contribution >= 0.6 is 11.3 Å². The van der Waals surface area contributed by atoms with Crippen LogP contribution < -0.4 is 26.0 Å². The number of ether oxygens (including phenoxy) is 1. The van der Waals surface area contributed by atoms with Gasteiger partial charge in [0.1, 0.15) is 5.82 Å². The van der Waals surface area contributed by atoms with E-state index >= 15 is 0 Å². The number of aromatic nitrogens is 3. The number of pyridine rings is 1. The van der Waals surface area contributed by atoms with Crippen LogP contribution in [-0.2, 0) is 35.8 Å². The van der Waals surface area contributed by atoms with Crippen molar-refractivity contribution in [3.8, 4) is 11.3 Å². The van der Waals surface area contributed by atoms with Crippen molar-refractivity contribution in [2.75, 3.05) is 59.8 Å². The number of hydrogen-bond donors (Lipinski definition) is 2. The van der Waals surface area contributed by atoms with E-state index in [-0.39, 0.29) is 29.2 Å². The molecule has 1 aliphatic carbocycles. The van der Waals surface area contributed by atoms with Crippen molar-refractivity contribution in [3.05, 3.63) is 86.1 Å². The van der Waals surface area contributed by atoms with Gasteiger partial charge in [0.05, 0.1) is 21.9 Å². The second-order valence-corrected chi connectivity index (χ2v) is 16.0. The maximum Gasteiger partial charge on any atom is 0.293 e. The van der Waals surface area contributed by atoms with Gasteiger partial charge in [-0.2, -0.15) is 0 Å². The molecule has 54 heavy (non-hydrogen) atoms. The van der Waals surface area contributed by atoms with Crippen LogP contribution in [0.15, 0.2) is 54.1 Å². The molecular formula is C41H48N8O4S. The average molecular weight is 749 g/mol. The smallest absolute Gasteiger partial charge is 0.293 e. The number of benzene rings is 1. The maximum absolute atomic E-state index is 13.9. The predicted molar refractivity (Wildman–Crippen MR) is 215 cm³/mol. The van der Waals surface area contributed by atoms with Crippen LogP contribution in [0.5, 0.6) is 0 Å². The summed E-state index contributed by atoms with van der Waals surface area (Å²) in [4.78, 5) is 58.5. The lowest BCUT2D eigenvalue weighted by Crippen LogP contribution is -2.56. The van der Waals surface area contributed by atoms with Gasteiger partial charge in [-0.1, -0.05) is 6.58 Å². The highest BCUT2D eigenvalue weighted by molar-refractivity contribution is 7.14. The zero-order valence-corrected chi connectivity index (χ0v) is 32.1. The molecule has 1 unspecified atom stereocenters. The molecule has 3 aliphatic heterocycles. The van der Waals surface area contributed by atoms with Crippen LogP contribution in [0.1, 0.15) is 63.8 Å². The number of hydrogen-bond acceptors (Lipinski definition) is 10. The van der Waals surface area contributed by atoms with Crippen molar-refractivity contribution in [1.82, 2.24) is 19.4 Å². The molecule has 282 valence electrons. The van der Waals surface area contributed by atoms with Crippen LogP contribution in [0.25, 0.3) is 11.3 Å². The molecule has 0 radical (unpaired) electrons. The fourth-order valence-corrected chi connectivity index (χ4v) is 10.0. The first-order valence-electron chi connectivity index (χ1n) is 19.1. The summed E-state index contributed by atoms with van der Waals surface area (Å²) >= 11 is 1.66. The second kappa shape index (κ2) is 15.1. The third-order valence-electron chi connectivity index (χ3n) is 11.5. The molecule has 3 aromatic heterocycles. The molecule has 13 heteroatoms. The third-order valence-corrected chi connectivity index (χ3v) is 12.8. The normalized spacial score (nSPS) is 19.3. The van der Waals surface area contributed by atoms with Gasteiger partial charge in [-0.05, 0) is 100 Å². The van der Waals surface area contributed by atoms with E-state index in [0.29, 0.717) is 35.5 Å². The monoisotopic (exact) mass is 748 g/mol. The average Bonchev–Trinajstić information content (AvgIpc) is 3.57. The molecular weight excluding hydrogens is 701 g/mol. The Labute approximate surface area is 319 Å². The summed E-state index contributed by atoms with van der Waals surface area (Å²) in [5, 5.41) is 6.25. The predicted octanol–water partition coefficient (Wildman–Crippen LogP) is 5.85. The molecule has 1 aromatic carbocycles. The van der Waals surface area contributed by atoms with E-state index in [9.17, 15) is 14.4 Å². The molecule has 0 saturated carbocycles. The van der Waals surface area contributed by atoms with Gasteiger partial charge in [0, 0.05) is 92.6 Å². The highest BCUT2D eigenvalue weighted by Crippen LogP contribution is 2.40. The highest BCUT2D eigenvalue weighted by Gasteiger charge is 2.34. The molecule has 1 atom stereocenters. The number of fused-ring (bicyclic) bond motifs is 3. The summed E-state index contributed by atoms with van der Waals surface area (Å²) in [6.45, 7) is 12.7. The molecule has 4 aromatic rings. The molecule has 2 N–H and O–H groups in total. The number of rotatable bonds is 8. The minimum Gasteiger partial charge on any atom is -0.381 e. The molecule has 0 spiro atoms. The van der Waals surface area contributed by atoms with Gasteiger partial charge in [-0.25, -0.2) is 9.97 Å². The van der Waals surface area contributed by atoms with E-state index in [4.69, 9.17) is 9.72 Å². The topological polar surface area (TPSA) is 125 Å². The van der Waals surface area contributed by atoms with Crippen molar-refractivity contribution in [3.63, 3.8) is 0 Å². The molecule has 8 rings (SSSR count). The first kappa shape index (κ1) is 36.1. The number of piperazine rings is 1. The lowest BCUT2D eigenvalue weighted by atomic mass is 9.92. The number of thiophene rings is 1. The van der Waals surface area contributed by atoms with E-state index in [1.807, 2.05) is 31.2 Å². The second-order valence-electron chi connectivity index (χ2n) is 14.9. The van der Waals surface area contributed by atoms with E-state index in [1.54, 1.807) is 35.7 Å². The standard InChI is InChI=1S/C41H48N8O4S/c1-5-36(50)44-32-22-27(10-11-34(32)48-19-18-47(23-25(48)2)28-14-20-53-21-15-28)43-38-41(52)46(4)24-33(45-38)29-12-16-42-39(26(29)3)49-17-13-31-30-8-6-7-9-35(30)54-37(31)40(49)51/h5,10-12,16,22,24-25,28H,1,6-9,13-15,17-21,23H2,2-4H3,(H,43,45)(H,44,50). The summed E-state index contributed by atoms with van der Waals surface area (Å²) in [7, 11) is 1.70. The fraction of sp³-hybridized carbons (Fsp3) is 0.439. The third kappa shape index (κ3) is 6.84. The Balaban J connectivity index is 1.06. The number of nitrogens with zero attached hydrogens (tertiary/aromatic N) is 6. The maximum atomic E-state index is 13.9. The molecule has 4 aliphatic rings. The van der Waals surface area contributed by atoms with E-state index in [1.165, 1.54) is 39.5 Å². The summed E-state index contributed by atoms with van der Waals surface area (Å²) in [6.07, 6.45) is 12.1. The minimum atomic E-state index is -0.316. The number of anilines is 5. The first-order valence-corrected chi connectivity index (χ1v) is 19.9. The summed E-state index contributed by atoms with van der Waals surface area (Å²) in [5.41, 5.74) is 6.66. The Morgan fingerprint density at radius 2 is 1.87 bits per heavy atom. The number of carbonyl (C=O) groups excluding carboxylic acids is 2. The van der Waals surface area contributed by atoms with Crippen LogP contribution in [0.2, 0.25) is 0 Å². The summed E-state index contributed by atoms with van der Waals surface area (Å²) in [5.74, 6) is 0.449. The van der Waals surface area contributed by atoms with Crippen LogP contribution in [0, 0.1) is 6.92 Å². The van der Waals surface area contributed by atoms with Gasteiger partial charge in [-0.3, -0.25) is 24.2 Å². The van der Waals surface area contributed by atoms with Crippen molar-refractivity contribution in [2.45, 2.75) is 70.9 Å². The van der Waals surface area contributed by atoms with Crippen LogP contribution in [-0.4, -0.2) is 82.7 Å². The molecule has 12 nitrogen and oxygen atoms in total. The molecule has 6 heterocycles. The van der Waals surface area contributed by atoms with Gasteiger partial charge in [0.15, 0.2) is 5.82 Å². The molecule has 2 amide bonds. The minimum absolute atomic E-state index is 0.0116. The number of aryl methyl sites for hydroxylation is 2. The van der Waals surface area contributed by atoms with Crippen molar-refractivity contribution < 1.29 is 14.3 Å². The van der Waals surface area contributed by atoms with Crippen LogP contribution in [0.4, 0.5) is 28.7 Å². The molecule has 2 saturated heterocycles. The van der Waals surface area contributed by atoms with E-state index < -0.39 is 0 Å². The largest absolute Gasteiger partial charge is 0.381 e. The SMILES string of the molecule is C=CC(=O)Nc1cc(Nc2nc(-c3ccnc(N4CCc5c(sc6c5CCCC6)C4=O)c3C)cn(C)c2=O)ccc1N1CCN(C2CCOCC2)CC1C. The molecule has 0 bridgehead atoms. The highest BCUT2D eigenvalue weighted by atomic mass is 32.1. The lowest BCUT2D eigenvalue weighted by molar-refractivity contribution is -0.111. The fourth-order valence-electron chi connectivity index (χ4n) is 8.62. The Hall–Kier alpha value is -4.85. The first-order chi connectivity index (χ1) is 26.2. The number of carbonyl (C=O) groups is 2. The summed E-state index contributed by atoms with van der Waals surface area (Å²) in [6, 6.07) is 8.38. The van der Waals surface area contributed by atoms with Crippen molar-refractivity contribution in [2.24, 2.45) is 7.05 Å². The van der Waals surface area contributed by atoms with Crippen molar-refractivity contribution in [1.29, 1.82) is 0 Å². The van der Waals surface area contributed by atoms with Gasteiger partial charge in [-0.15, -0.1) is 11.3 Å². The quantitative estimate of drug-likeness (QED) is 0.214. The Morgan fingerprint density at radius 3 is 2.67 bits per heavy atom. The Kier molecular flexibility index (Phi) is 10.1. The Bertz CT molecular complexity index is 2170. The zero-order chi connectivity index (χ0) is 37.5. The van der Waals surface area contributed by atoms with Gasteiger partial charge < -0.3 is 24.8 Å². The Morgan fingerprint density at radius 1 is 1.06 bits per heavy atom. The lowest BCUT2D eigenvalue weighted by Gasteiger charge is -2.45. The number of amides is 2. The molecule has 2 fully saturated rings. The summed E-state index contributed by atoms with van der Waals surface area (Å²) < 4.78 is 7.10. The van der Waals surface area contributed by atoms with Crippen molar-refractivity contribution >= 4 is 51.8 Å². The van der Waals surface area contributed by atoms with E-state index in [2.05, 4.69) is 38.9 Å². The zero-order valence-electron chi connectivity index (χ0n) is 31.3. The van der Waals surface area contributed by atoms with E-state index in [0.717, 1.165) is 86.6 Å². The van der Waals surface area contributed by atoms with Gasteiger partial charge in [0.2, 0.25) is 5.91 Å².